The number of rotatable bonds is 4. The van der Waals surface area contributed by atoms with Crippen molar-refractivity contribution in [2.24, 2.45) is 5.73 Å². The maximum absolute atomic E-state index is 12.4. The van der Waals surface area contributed by atoms with E-state index in [1.807, 2.05) is 0 Å². The fourth-order valence-electron chi connectivity index (χ4n) is 2.22. The van der Waals surface area contributed by atoms with Crippen LogP contribution in [0.25, 0.3) is 0 Å². The second kappa shape index (κ2) is 5.61. The molecule has 108 valence electrons. The number of esters is 1. The zero-order chi connectivity index (χ0) is 14.7. The molecular formula is C13H23N3O3. The minimum absolute atomic E-state index is 0.136. The number of carbonyl (C=O) groups excluding carboxylic acids is 2. The molecular weight excluding hydrogens is 246 g/mol. The van der Waals surface area contributed by atoms with E-state index in [4.69, 9.17) is 10.5 Å². The van der Waals surface area contributed by atoms with Crippen LogP contribution in [-0.4, -0.2) is 41.1 Å². The van der Waals surface area contributed by atoms with Crippen LogP contribution in [0.4, 0.5) is 0 Å². The Bertz CT molecular complexity index is 376. The van der Waals surface area contributed by atoms with Crippen LogP contribution in [-0.2, 0) is 14.3 Å². The van der Waals surface area contributed by atoms with E-state index < -0.39 is 17.2 Å². The zero-order valence-corrected chi connectivity index (χ0v) is 11.9. The Morgan fingerprint density at radius 3 is 2.63 bits per heavy atom. The van der Waals surface area contributed by atoms with Crippen LogP contribution < -0.4 is 11.1 Å². The van der Waals surface area contributed by atoms with E-state index in [0.29, 0.717) is 19.4 Å². The summed E-state index contributed by atoms with van der Waals surface area (Å²) >= 11 is 0. The van der Waals surface area contributed by atoms with Gasteiger partial charge in [0.2, 0.25) is 11.6 Å². The molecule has 0 aromatic carbocycles. The molecule has 1 fully saturated rings. The molecule has 3 N–H and O–H groups in total. The number of nitrogens with one attached hydrogen (secondary N) is 1. The molecule has 1 atom stereocenters. The van der Waals surface area contributed by atoms with Gasteiger partial charge in [0, 0.05) is 13.0 Å². The van der Waals surface area contributed by atoms with Crippen molar-refractivity contribution in [1.82, 2.24) is 10.2 Å². The summed E-state index contributed by atoms with van der Waals surface area (Å²) in [5.74, 6) is -0.753. The number of carbonyl (C=O) groups is 2. The van der Waals surface area contributed by atoms with Gasteiger partial charge in [-0.3, -0.25) is 4.79 Å². The number of amides is 1. The summed E-state index contributed by atoms with van der Waals surface area (Å²) in [7, 11) is 0. The summed E-state index contributed by atoms with van der Waals surface area (Å²) in [4.78, 5) is 25.8. The number of likely N-dealkylation sites (tertiary alicyclic amines) is 1. The van der Waals surface area contributed by atoms with Crippen molar-refractivity contribution in [1.29, 1.82) is 0 Å². The number of nitrogens with zero attached hydrogens (tertiary/aromatic N) is 1. The molecule has 0 unspecified atom stereocenters. The normalized spacial score (nSPS) is 23.1. The molecule has 0 aromatic heterocycles. The first-order valence-corrected chi connectivity index (χ1v) is 6.39. The maximum atomic E-state index is 12.4. The van der Waals surface area contributed by atoms with Gasteiger partial charge in [0.25, 0.3) is 0 Å². The predicted molar refractivity (Wildman–Crippen MR) is 71.9 cm³/mol. The molecule has 19 heavy (non-hydrogen) atoms. The van der Waals surface area contributed by atoms with Gasteiger partial charge < -0.3 is 20.7 Å². The Morgan fingerprint density at radius 1 is 1.53 bits per heavy atom. The topological polar surface area (TPSA) is 84.7 Å². The fraction of sp³-hybridized carbons (Fsp3) is 0.692. The van der Waals surface area contributed by atoms with E-state index in [9.17, 15) is 9.59 Å². The van der Waals surface area contributed by atoms with Crippen molar-refractivity contribution in [2.75, 3.05) is 13.1 Å². The molecule has 0 saturated carbocycles. The van der Waals surface area contributed by atoms with Gasteiger partial charge >= 0.3 is 5.97 Å². The molecule has 6 heteroatoms. The van der Waals surface area contributed by atoms with Crippen molar-refractivity contribution < 1.29 is 14.3 Å². The molecule has 1 aliphatic heterocycles. The lowest BCUT2D eigenvalue weighted by Gasteiger charge is -2.38. The minimum atomic E-state index is -1.18. The van der Waals surface area contributed by atoms with Crippen LogP contribution in [0, 0.1) is 0 Å². The zero-order valence-electron chi connectivity index (χ0n) is 11.9. The molecule has 0 aliphatic carbocycles. The molecule has 1 aliphatic rings. The molecule has 1 saturated heterocycles. The maximum Gasteiger partial charge on any atom is 0.353 e. The van der Waals surface area contributed by atoms with Gasteiger partial charge in [0.15, 0.2) is 0 Å². The molecule has 0 bridgehead atoms. The first-order valence-electron chi connectivity index (χ1n) is 6.39. The van der Waals surface area contributed by atoms with Gasteiger partial charge in [0.05, 0.1) is 6.54 Å². The third kappa shape index (κ3) is 3.26. The number of hydrogen-bond donors (Lipinski definition) is 2. The predicted octanol–water partition coefficient (Wildman–Crippen LogP) is 0.339. The van der Waals surface area contributed by atoms with Crippen LogP contribution in [0.2, 0.25) is 0 Å². The van der Waals surface area contributed by atoms with Gasteiger partial charge in [-0.25, -0.2) is 4.79 Å². The highest BCUT2D eigenvalue weighted by molar-refractivity contribution is 5.89. The largest absolute Gasteiger partial charge is 0.457 e. The Balaban J connectivity index is 3.05. The van der Waals surface area contributed by atoms with E-state index in [-0.39, 0.29) is 12.5 Å². The van der Waals surface area contributed by atoms with E-state index in [2.05, 4.69) is 11.9 Å². The van der Waals surface area contributed by atoms with Crippen LogP contribution in [0.15, 0.2) is 12.8 Å². The summed E-state index contributed by atoms with van der Waals surface area (Å²) in [6, 6.07) is 0. The lowest BCUT2D eigenvalue weighted by atomic mass is 10.1. The number of nitrogens with two attached hydrogens (primary N) is 1. The van der Waals surface area contributed by atoms with Gasteiger partial charge in [-0.15, -0.1) is 0 Å². The first-order chi connectivity index (χ1) is 8.77. The summed E-state index contributed by atoms with van der Waals surface area (Å²) in [6.07, 6.45) is 2.61. The van der Waals surface area contributed by atoms with Crippen molar-refractivity contribution in [3.8, 4) is 0 Å². The van der Waals surface area contributed by atoms with E-state index in [1.54, 1.807) is 20.8 Å². The molecule has 1 rings (SSSR count). The third-order valence-electron chi connectivity index (χ3n) is 2.93. The van der Waals surface area contributed by atoms with E-state index in [1.165, 1.54) is 11.1 Å². The van der Waals surface area contributed by atoms with Crippen LogP contribution in [0.1, 0.15) is 33.6 Å². The Kier molecular flexibility index (Phi) is 4.57. The van der Waals surface area contributed by atoms with Gasteiger partial charge in [-0.1, -0.05) is 6.58 Å². The average Bonchev–Trinajstić information content (AvgIpc) is 2.71. The van der Waals surface area contributed by atoms with Gasteiger partial charge in [0.1, 0.15) is 5.60 Å². The second-order valence-corrected chi connectivity index (χ2v) is 5.56. The molecule has 1 amide bonds. The van der Waals surface area contributed by atoms with Crippen molar-refractivity contribution in [3.63, 3.8) is 0 Å². The van der Waals surface area contributed by atoms with Crippen LogP contribution in [0.5, 0.6) is 0 Å². The summed E-state index contributed by atoms with van der Waals surface area (Å²) in [6.45, 7) is 9.29. The molecule has 0 radical (unpaired) electrons. The molecule has 6 nitrogen and oxygen atoms in total. The second-order valence-electron chi connectivity index (χ2n) is 5.56. The quantitative estimate of drug-likeness (QED) is 0.719. The highest BCUT2D eigenvalue weighted by Crippen LogP contribution is 2.30. The lowest BCUT2D eigenvalue weighted by molar-refractivity contribution is -0.173. The monoisotopic (exact) mass is 269 g/mol. The third-order valence-corrected chi connectivity index (χ3v) is 2.93. The van der Waals surface area contributed by atoms with Crippen molar-refractivity contribution in [2.45, 2.75) is 44.9 Å². The molecule has 1 heterocycles. The van der Waals surface area contributed by atoms with Gasteiger partial charge in [-0.05, 0) is 33.4 Å². The molecule has 0 aromatic rings. The standard InChI is InChI=1S/C13H23N3O3/c1-5-15-13(11(18)19-12(2,3)4)7-6-8-16(13)10(17)9-14/h5,15H,1,6-9,14H2,2-4H3/t13-/m0/s1. The number of hydrogen-bond acceptors (Lipinski definition) is 5. The highest BCUT2D eigenvalue weighted by Gasteiger charge is 2.51. The Hall–Kier alpha value is -1.56. The first kappa shape index (κ1) is 15.5. The fourth-order valence-corrected chi connectivity index (χ4v) is 2.22. The van der Waals surface area contributed by atoms with Gasteiger partial charge in [-0.2, -0.15) is 0 Å². The highest BCUT2D eigenvalue weighted by atomic mass is 16.6. The van der Waals surface area contributed by atoms with Crippen molar-refractivity contribution in [3.05, 3.63) is 12.8 Å². The SMILES string of the molecule is C=CN[C@@]1(C(=O)OC(C)(C)C)CCCN1C(=O)CN. The van der Waals surface area contributed by atoms with E-state index in [0.717, 1.165) is 0 Å². The Labute approximate surface area is 114 Å². The summed E-state index contributed by atoms with van der Waals surface area (Å²) < 4.78 is 5.42. The Morgan fingerprint density at radius 2 is 2.16 bits per heavy atom. The number of ether oxygens (including phenoxy) is 1. The van der Waals surface area contributed by atoms with Crippen LogP contribution in [0.3, 0.4) is 0 Å². The average molecular weight is 269 g/mol. The lowest BCUT2D eigenvalue weighted by Crippen LogP contribution is -2.63. The van der Waals surface area contributed by atoms with E-state index >= 15 is 0 Å². The molecule has 0 spiro atoms. The van der Waals surface area contributed by atoms with Crippen LogP contribution >= 0.6 is 0 Å². The van der Waals surface area contributed by atoms with Crippen molar-refractivity contribution >= 4 is 11.9 Å². The summed E-state index contributed by atoms with van der Waals surface area (Å²) in [5.41, 5.74) is 3.61. The minimum Gasteiger partial charge on any atom is -0.457 e. The smallest absolute Gasteiger partial charge is 0.353 e. The summed E-state index contributed by atoms with van der Waals surface area (Å²) in [5, 5.41) is 2.88.